The van der Waals surface area contributed by atoms with Crippen LogP contribution in [-0.4, -0.2) is 45.3 Å². The first-order valence-corrected chi connectivity index (χ1v) is 9.15. The van der Waals surface area contributed by atoms with Crippen LogP contribution in [0.1, 0.15) is 41.9 Å². The van der Waals surface area contributed by atoms with Gasteiger partial charge in [-0.25, -0.2) is 14.4 Å². The zero-order chi connectivity index (χ0) is 18.1. The fourth-order valence-electron chi connectivity index (χ4n) is 3.87. The standard InChI is InChI=1S/C20H23FN4O/c1-14(26)25-8-5-16(13-25)20-22-10-17-12-24(7-6-19(17)23-20)11-15-3-2-4-18(21)9-15/h2-4,9-10,16H,5-8,11-13H2,1H3. The van der Waals surface area contributed by atoms with E-state index in [0.717, 1.165) is 68.2 Å². The van der Waals surface area contributed by atoms with E-state index < -0.39 is 0 Å². The lowest BCUT2D eigenvalue weighted by molar-refractivity contribution is -0.127. The lowest BCUT2D eigenvalue weighted by atomic mass is 10.0. The van der Waals surface area contributed by atoms with Crippen LogP contribution in [0.4, 0.5) is 4.39 Å². The van der Waals surface area contributed by atoms with Crippen molar-refractivity contribution in [3.8, 4) is 0 Å². The number of carbonyl (C=O) groups is 1. The van der Waals surface area contributed by atoms with Crippen LogP contribution in [0.15, 0.2) is 30.5 Å². The van der Waals surface area contributed by atoms with Gasteiger partial charge >= 0.3 is 0 Å². The van der Waals surface area contributed by atoms with E-state index in [1.54, 1.807) is 19.1 Å². The smallest absolute Gasteiger partial charge is 0.219 e. The maximum atomic E-state index is 13.4. The van der Waals surface area contributed by atoms with E-state index in [1.807, 2.05) is 17.2 Å². The molecule has 1 saturated heterocycles. The molecule has 1 aromatic carbocycles. The van der Waals surface area contributed by atoms with Crippen molar-refractivity contribution in [2.24, 2.45) is 0 Å². The highest BCUT2D eigenvalue weighted by Crippen LogP contribution is 2.26. The third kappa shape index (κ3) is 3.60. The van der Waals surface area contributed by atoms with Gasteiger partial charge in [0.25, 0.3) is 0 Å². The normalized spacial score (nSPS) is 20.2. The molecule has 2 aliphatic rings. The molecule has 0 N–H and O–H groups in total. The number of halogens is 1. The molecule has 1 amide bonds. The summed E-state index contributed by atoms with van der Waals surface area (Å²) in [5.41, 5.74) is 3.26. The maximum Gasteiger partial charge on any atom is 0.219 e. The Balaban J connectivity index is 1.43. The molecule has 0 saturated carbocycles. The fourth-order valence-corrected chi connectivity index (χ4v) is 3.87. The van der Waals surface area contributed by atoms with Gasteiger partial charge in [-0.2, -0.15) is 0 Å². The van der Waals surface area contributed by atoms with Crippen molar-refractivity contribution in [3.63, 3.8) is 0 Å². The van der Waals surface area contributed by atoms with Crippen LogP contribution >= 0.6 is 0 Å². The van der Waals surface area contributed by atoms with Crippen LogP contribution in [0.5, 0.6) is 0 Å². The average Bonchev–Trinajstić information content (AvgIpc) is 3.12. The largest absolute Gasteiger partial charge is 0.342 e. The summed E-state index contributed by atoms with van der Waals surface area (Å²) in [6, 6.07) is 6.78. The van der Waals surface area contributed by atoms with Crippen LogP contribution in [0, 0.1) is 5.82 Å². The Morgan fingerprint density at radius 1 is 1.35 bits per heavy atom. The number of carbonyl (C=O) groups excluding carboxylic acids is 1. The molecule has 1 atom stereocenters. The number of likely N-dealkylation sites (tertiary alicyclic amines) is 1. The molecule has 2 aliphatic heterocycles. The molecule has 0 bridgehead atoms. The van der Waals surface area contributed by atoms with Crippen LogP contribution in [0.2, 0.25) is 0 Å². The van der Waals surface area contributed by atoms with E-state index in [1.165, 1.54) is 6.07 Å². The van der Waals surface area contributed by atoms with Crippen molar-refractivity contribution in [3.05, 3.63) is 58.9 Å². The molecule has 1 fully saturated rings. The van der Waals surface area contributed by atoms with Crippen molar-refractivity contribution in [1.82, 2.24) is 19.8 Å². The first-order valence-electron chi connectivity index (χ1n) is 9.15. The molecule has 3 heterocycles. The summed E-state index contributed by atoms with van der Waals surface area (Å²) in [5, 5.41) is 0. The monoisotopic (exact) mass is 354 g/mol. The summed E-state index contributed by atoms with van der Waals surface area (Å²) in [6.07, 6.45) is 3.75. The van der Waals surface area contributed by atoms with Gasteiger partial charge in [0, 0.05) is 69.4 Å². The molecule has 136 valence electrons. The second-order valence-corrected chi connectivity index (χ2v) is 7.24. The zero-order valence-electron chi connectivity index (χ0n) is 15.0. The SMILES string of the molecule is CC(=O)N1CCC(c2ncc3c(n2)CCN(Cc2cccc(F)c2)C3)C1. The van der Waals surface area contributed by atoms with E-state index in [4.69, 9.17) is 4.98 Å². The van der Waals surface area contributed by atoms with Gasteiger partial charge in [0.1, 0.15) is 11.6 Å². The first-order chi connectivity index (χ1) is 12.6. The van der Waals surface area contributed by atoms with Gasteiger partial charge in [-0.05, 0) is 24.1 Å². The maximum absolute atomic E-state index is 13.4. The Morgan fingerprint density at radius 3 is 3.00 bits per heavy atom. The summed E-state index contributed by atoms with van der Waals surface area (Å²) >= 11 is 0. The molecule has 6 heteroatoms. The Bertz CT molecular complexity index is 825. The Labute approximate surface area is 152 Å². The Kier molecular flexibility index (Phi) is 4.68. The van der Waals surface area contributed by atoms with Gasteiger partial charge in [0.2, 0.25) is 5.91 Å². The zero-order valence-corrected chi connectivity index (χ0v) is 15.0. The lowest BCUT2D eigenvalue weighted by Crippen LogP contribution is -2.31. The third-order valence-corrected chi connectivity index (χ3v) is 5.33. The number of hydrogen-bond acceptors (Lipinski definition) is 4. The summed E-state index contributed by atoms with van der Waals surface area (Å²) in [7, 11) is 0. The molecule has 0 radical (unpaired) electrons. The van der Waals surface area contributed by atoms with Crippen molar-refractivity contribution < 1.29 is 9.18 Å². The molecule has 26 heavy (non-hydrogen) atoms. The molecule has 0 spiro atoms. The van der Waals surface area contributed by atoms with E-state index in [-0.39, 0.29) is 17.6 Å². The molecule has 0 aliphatic carbocycles. The van der Waals surface area contributed by atoms with Gasteiger partial charge in [0.15, 0.2) is 0 Å². The lowest BCUT2D eigenvalue weighted by Gasteiger charge is -2.28. The van der Waals surface area contributed by atoms with Crippen LogP contribution < -0.4 is 0 Å². The number of amides is 1. The second kappa shape index (κ2) is 7.11. The summed E-state index contributed by atoms with van der Waals surface area (Å²) in [4.78, 5) is 25.1. The number of nitrogens with zero attached hydrogens (tertiary/aromatic N) is 4. The minimum atomic E-state index is -0.191. The van der Waals surface area contributed by atoms with Crippen LogP contribution in [-0.2, 0) is 24.3 Å². The Hall–Kier alpha value is -2.34. The van der Waals surface area contributed by atoms with Gasteiger partial charge in [0.05, 0.1) is 0 Å². The molecule has 2 aromatic rings. The minimum absolute atomic E-state index is 0.124. The van der Waals surface area contributed by atoms with Gasteiger partial charge in [-0.1, -0.05) is 12.1 Å². The van der Waals surface area contributed by atoms with Gasteiger partial charge in [-0.15, -0.1) is 0 Å². The average molecular weight is 354 g/mol. The van der Waals surface area contributed by atoms with Crippen LogP contribution in [0.25, 0.3) is 0 Å². The van der Waals surface area contributed by atoms with E-state index >= 15 is 0 Å². The molecule has 5 nitrogen and oxygen atoms in total. The van der Waals surface area contributed by atoms with Crippen molar-refractivity contribution in [2.45, 2.75) is 38.8 Å². The molecule has 4 rings (SSSR count). The highest BCUT2D eigenvalue weighted by atomic mass is 19.1. The molecular formula is C20H23FN4O. The van der Waals surface area contributed by atoms with E-state index in [2.05, 4.69) is 9.88 Å². The molecule has 1 aromatic heterocycles. The summed E-state index contributed by atoms with van der Waals surface area (Å²) in [6.45, 7) is 5.56. The number of fused-ring (bicyclic) bond motifs is 1. The first kappa shape index (κ1) is 17.1. The van der Waals surface area contributed by atoms with Crippen molar-refractivity contribution in [1.29, 1.82) is 0 Å². The van der Waals surface area contributed by atoms with Crippen LogP contribution in [0.3, 0.4) is 0 Å². The third-order valence-electron chi connectivity index (χ3n) is 5.33. The summed E-state index contributed by atoms with van der Waals surface area (Å²) in [5.74, 6) is 1.04. The number of hydrogen-bond donors (Lipinski definition) is 0. The highest BCUT2D eigenvalue weighted by molar-refractivity contribution is 5.73. The fraction of sp³-hybridized carbons (Fsp3) is 0.450. The van der Waals surface area contributed by atoms with E-state index in [0.29, 0.717) is 0 Å². The van der Waals surface area contributed by atoms with Crippen molar-refractivity contribution >= 4 is 5.91 Å². The molecule has 1 unspecified atom stereocenters. The van der Waals surface area contributed by atoms with Crippen molar-refractivity contribution in [2.75, 3.05) is 19.6 Å². The number of aromatic nitrogens is 2. The second-order valence-electron chi connectivity index (χ2n) is 7.24. The minimum Gasteiger partial charge on any atom is -0.342 e. The predicted molar refractivity (Wildman–Crippen MR) is 95.9 cm³/mol. The van der Waals surface area contributed by atoms with Gasteiger partial charge < -0.3 is 4.90 Å². The number of rotatable bonds is 3. The van der Waals surface area contributed by atoms with E-state index in [9.17, 15) is 9.18 Å². The molecular weight excluding hydrogens is 331 g/mol. The Morgan fingerprint density at radius 2 is 2.23 bits per heavy atom. The quantitative estimate of drug-likeness (QED) is 0.850. The highest BCUT2D eigenvalue weighted by Gasteiger charge is 2.28. The van der Waals surface area contributed by atoms with Gasteiger partial charge in [-0.3, -0.25) is 9.69 Å². The topological polar surface area (TPSA) is 49.3 Å². The number of benzene rings is 1. The predicted octanol–water partition coefficient (Wildman–Crippen LogP) is 2.51. The summed E-state index contributed by atoms with van der Waals surface area (Å²) < 4.78 is 13.4.